The van der Waals surface area contributed by atoms with Gasteiger partial charge in [0.25, 0.3) is 11.1 Å². The molecule has 1 aromatic carbocycles. The molecule has 25 heavy (non-hydrogen) atoms. The molecule has 0 bridgehead atoms. The Kier molecular flexibility index (Phi) is 5.02. The maximum absolute atomic E-state index is 12.7. The fourth-order valence-electron chi connectivity index (χ4n) is 3.17. The molecule has 0 spiro atoms. The van der Waals surface area contributed by atoms with Gasteiger partial charge in [-0.1, -0.05) is 12.1 Å². The van der Waals surface area contributed by atoms with Gasteiger partial charge in [-0.3, -0.25) is 19.5 Å². The van der Waals surface area contributed by atoms with Gasteiger partial charge in [-0.15, -0.1) is 0 Å². The van der Waals surface area contributed by atoms with Crippen molar-refractivity contribution in [3.63, 3.8) is 0 Å². The van der Waals surface area contributed by atoms with Crippen molar-refractivity contribution in [1.82, 2.24) is 14.7 Å². The highest BCUT2D eigenvalue weighted by Crippen LogP contribution is 2.32. The lowest BCUT2D eigenvalue weighted by Gasteiger charge is -2.25. The zero-order chi connectivity index (χ0) is 17.8. The zero-order valence-corrected chi connectivity index (χ0v) is 14.1. The molecule has 0 aliphatic carbocycles. The molecule has 0 saturated carbocycles. The summed E-state index contributed by atoms with van der Waals surface area (Å²) in [5.74, 6) is 0.621. The smallest absolute Gasteiger partial charge is 0.265 e. The van der Waals surface area contributed by atoms with E-state index in [0.29, 0.717) is 13.2 Å². The topological polar surface area (TPSA) is 84.4 Å². The van der Waals surface area contributed by atoms with Crippen LogP contribution in [0.2, 0.25) is 0 Å². The van der Waals surface area contributed by atoms with Crippen LogP contribution in [0.1, 0.15) is 31.4 Å². The number of likely N-dealkylation sites (tertiary alicyclic amines) is 1. The minimum absolute atomic E-state index is 0.0192. The predicted octanol–water partition coefficient (Wildman–Crippen LogP) is 1.30. The van der Waals surface area contributed by atoms with Gasteiger partial charge in [0, 0.05) is 18.7 Å². The second-order valence-corrected chi connectivity index (χ2v) is 5.98. The Hall–Kier alpha value is -2.83. The van der Waals surface area contributed by atoms with E-state index >= 15 is 0 Å². The molecule has 0 unspecified atom stereocenters. The lowest BCUT2D eigenvalue weighted by atomic mass is 10.0. The lowest BCUT2D eigenvalue weighted by molar-refractivity contribution is -0.133. The van der Waals surface area contributed by atoms with E-state index in [1.807, 2.05) is 31.2 Å². The van der Waals surface area contributed by atoms with E-state index in [1.54, 1.807) is 4.90 Å². The molecule has 1 saturated heterocycles. The van der Waals surface area contributed by atoms with Crippen LogP contribution in [-0.2, 0) is 11.3 Å². The second-order valence-electron chi connectivity index (χ2n) is 5.98. The summed E-state index contributed by atoms with van der Waals surface area (Å²) in [6.07, 6.45) is 1.78. The number of benzene rings is 1. The third-order valence-electron chi connectivity index (χ3n) is 4.33. The summed E-state index contributed by atoms with van der Waals surface area (Å²) in [6.45, 7) is 3.02. The summed E-state index contributed by atoms with van der Waals surface area (Å²) in [6, 6.07) is 10.0. The van der Waals surface area contributed by atoms with Gasteiger partial charge in [0.15, 0.2) is 0 Å². The number of nitrogens with one attached hydrogen (secondary N) is 1. The van der Waals surface area contributed by atoms with Crippen molar-refractivity contribution in [2.45, 2.75) is 32.4 Å². The first kappa shape index (κ1) is 17.0. The number of aromatic nitrogens is 2. The van der Waals surface area contributed by atoms with Gasteiger partial charge in [0.05, 0.1) is 12.6 Å². The Morgan fingerprint density at radius 2 is 1.96 bits per heavy atom. The van der Waals surface area contributed by atoms with Crippen LogP contribution in [-0.4, -0.2) is 33.7 Å². The van der Waals surface area contributed by atoms with Gasteiger partial charge >= 0.3 is 0 Å². The molecule has 1 aliphatic heterocycles. The van der Waals surface area contributed by atoms with Crippen molar-refractivity contribution in [2.75, 3.05) is 13.2 Å². The minimum atomic E-state index is -0.406. The monoisotopic (exact) mass is 343 g/mol. The molecule has 1 aromatic heterocycles. The third-order valence-corrected chi connectivity index (χ3v) is 4.33. The number of carbonyl (C=O) groups excluding carboxylic acids is 1. The SMILES string of the molecule is CCOc1ccc([C@H]2CCCN2C(=O)Cn2[nH]c(=O)ccc2=O)cc1. The number of nitrogens with zero attached hydrogens (tertiary/aromatic N) is 2. The molecule has 1 fully saturated rings. The maximum Gasteiger partial charge on any atom is 0.265 e. The Balaban J connectivity index is 1.76. The maximum atomic E-state index is 12.7. The molecule has 2 heterocycles. The number of ether oxygens (including phenoxy) is 1. The number of amides is 1. The van der Waals surface area contributed by atoms with Crippen LogP contribution < -0.4 is 15.9 Å². The molecule has 132 valence electrons. The molecular formula is C18H21N3O4. The summed E-state index contributed by atoms with van der Waals surface area (Å²) < 4.78 is 6.50. The molecular weight excluding hydrogens is 322 g/mol. The Labute approximate surface area is 144 Å². The number of hydrogen-bond acceptors (Lipinski definition) is 4. The molecule has 1 atom stereocenters. The molecule has 1 amide bonds. The summed E-state index contributed by atoms with van der Waals surface area (Å²) in [7, 11) is 0. The minimum Gasteiger partial charge on any atom is -0.494 e. The van der Waals surface area contributed by atoms with Gasteiger partial charge in [-0.25, -0.2) is 4.68 Å². The first-order chi connectivity index (χ1) is 12.1. The normalized spacial score (nSPS) is 16.8. The van der Waals surface area contributed by atoms with Crippen molar-refractivity contribution in [3.05, 3.63) is 62.7 Å². The van der Waals surface area contributed by atoms with Crippen LogP contribution in [0.5, 0.6) is 5.75 Å². The fourth-order valence-corrected chi connectivity index (χ4v) is 3.17. The van der Waals surface area contributed by atoms with E-state index < -0.39 is 11.1 Å². The van der Waals surface area contributed by atoms with Gasteiger partial charge in [-0.2, -0.15) is 0 Å². The molecule has 3 rings (SSSR count). The van der Waals surface area contributed by atoms with E-state index in [-0.39, 0.29) is 18.5 Å². The van der Waals surface area contributed by atoms with Crippen LogP contribution in [0.15, 0.2) is 46.0 Å². The van der Waals surface area contributed by atoms with Gasteiger partial charge in [-0.05, 0) is 37.5 Å². The van der Waals surface area contributed by atoms with E-state index in [4.69, 9.17) is 4.74 Å². The molecule has 1 N–H and O–H groups in total. The van der Waals surface area contributed by atoms with Gasteiger partial charge < -0.3 is 9.64 Å². The molecule has 7 heteroatoms. The zero-order valence-electron chi connectivity index (χ0n) is 14.1. The quantitative estimate of drug-likeness (QED) is 0.887. The Morgan fingerprint density at radius 1 is 1.20 bits per heavy atom. The van der Waals surface area contributed by atoms with Crippen LogP contribution in [0.4, 0.5) is 0 Å². The summed E-state index contributed by atoms with van der Waals surface area (Å²) >= 11 is 0. The predicted molar refractivity (Wildman–Crippen MR) is 92.6 cm³/mol. The number of aromatic amines is 1. The van der Waals surface area contributed by atoms with Crippen molar-refractivity contribution in [2.24, 2.45) is 0 Å². The average molecular weight is 343 g/mol. The third kappa shape index (κ3) is 3.81. The van der Waals surface area contributed by atoms with Crippen LogP contribution >= 0.6 is 0 Å². The average Bonchev–Trinajstić information content (AvgIpc) is 3.09. The lowest BCUT2D eigenvalue weighted by Crippen LogP contribution is -2.38. The Morgan fingerprint density at radius 3 is 2.68 bits per heavy atom. The van der Waals surface area contributed by atoms with E-state index in [2.05, 4.69) is 5.10 Å². The van der Waals surface area contributed by atoms with Crippen molar-refractivity contribution in [3.8, 4) is 5.75 Å². The van der Waals surface area contributed by atoms with E-state index in [1.165, 1.54) is 6.07 Å². The highest BCUT2D eigenvalue weighted by atomic mass is 16.5. The van der Waals surface area contributed by atoms with Crippen molar-refractivity contribution < 1.29 is 9.53 Å². The van der Waals surface area contributed by atoms with Crippen LogP contribution in [0.3, 0.4) is 0 Å². The van der Waals surface area contributed by atoms with Gasteiger partial charge in [0.2, 0.25) is 5.91 Å². The number of H-pyrrole nitrogens is 1. The summed E-state index contributed by atoms with van der Waals surface area (Å²) in [5.41, 5.74) is 0.241. The fraction of sp³-hybridized carbons (Fsp3) is 0.389. The van der Waals surface area contributed by atoms with E-state index in [9.17, 15) is 14.4 Å². The number of carbonyl (C=O) groups is 1. The second kappa shape index (κ2) is 7.38. The molecule has 2 aromatic rings. The van der Waals surface area contributed by atoms with E-state index in [0.717, 1.165) is 34.9 Å². The Bertz CT molecular complexity index is 854. The summed E-state index contributed by atoms with van der Waals surface area (Å²) in [5, 5.41) is 2.39. The molecule has 0 radical (unpaired) electrons. The molecule has 7 nitrogen and oxygen atoms in total. The molecule has 1 aliphatic rings. The highest BCUT2D eigenvalue weighted by molar-refractivity contribution is 5.76. The van der Waals surface area contributed by atoms with Crippen LogP contribution in [0.25, 0.3) is 0 Å². The first-order valence-electron chi connectivity index (χ1n) is 8.41. The first-order valence-corrected chi connectivity index (χ1v) is 8.41. The largest absolute Gasteiger partial charge is 0.494 e. The van der Waals surface area contributed by atoms with Gasteiger partial charge in [0.1, 0.15) is 12.3 Å². The summed E-state index contributed by atoms with van der Waals surface area (Å²) in [4.78, 5) is 37.6. The van der Waals surface area contributed by atoms with Crippen LogP contribution in [0, 0.1) is 0 Å². The van der Waals surface area contributed by atoms with Crippen molar-refractivity contribution >= 4 is 5.91 Å². The standard InChI is InChI=1S/C18H21N3O4/c1-2-25-14-7-5-13(6-8-14)15-4-3-11-20(15)18(24)12-21-17(23)10-9-16(22)19-21/h5-10,15H,2-4,11-12H2,1H3,(H,19,22)/t15-/m1/s1. The highest BCUT2D eigenvalue weighted by Gasteiger charge is 2.30. The van der Waals surface area contributed by atoms with Crippen molar-refractivity contribution in [1.29, 1.82) is 0 Å². The number of hydrogen-bond donors (Lipinski definition) is 1. The number of rotatable bonds is 5.